The highest BCUT2D eigenvalue weighted by Crippen LogP contribution is 2.49. The van der Waals surface area contributed by atoms with Crippen molar-refractivity contribution in [1.29, 1.82) is 0 Å². The number of aromatic nitrogens is 4. The van der Waals surface area contributed by atoms with E-state index in [0.717, 1.165) is 36.0 Å². The smallest absolute Gasteiger partial charge is 0.459 e. The van der Waals surface area contributed by atoms with Crippen LogP contribution < -0.4 is 30.7 Å². The Labute approximate surface area is 416 Å². The van der Waals surface area contributed by atoms with Crippen molar-refractivity contribution >= 4 is 39.2 Å². The van der Waals surface area contributed by atoms with Gasteiger partial charge in [-0.25, -0.2) is 19.1 Å². The van der Waals surface area contributed by atoms with E-state index in [1.54, 1.807) is 51.1 Å². The monoisotopic (exact) mass is 1070 g/mol. The van der Waals surface area contributed by atoms with E-state index >= 15 is 0 Å². The van der Waals surface area contributed by atoms with E-state index in [2.05, 4.69) is 20.1 Å². The van der Waals surface area contributed by atoms with Crippen LogP contribution in [0, 0.1) is 11.8 Å². The summed E-state index contributed by atoms with van der Waals surface area (Å²) < 4.78 is 75.6. The average Bonchev–Trinajstić information content (AvgIpc) is 4.08. The number of rotatable bonds is 25. The number of imidazole rings is 2. The summed E-state index contributed by atoms with van der Waals surface area (Å²) in [6.45, 7) is 3.77. The van der Waals surface area contributed by atoms with Gasteiger partial charge >= 0.3 is 27.4 Å². The summed E-state index contributed by atoms with van der Waals surface area (Å²) in [7, 11) is -7.09. The number of hydrogen-bond donors (Lipinski definition) is 10. The van der Waals surface area contributed by atoms with Crippen molar-refractivity contribution in [3.05, 3.63) is 84.2 Å². The number of amides is 2. The van der Waals surface area contributed by atoms with Gasteiger partial charge in [0.25, 0.3) is 11.8 Å². The van der Waals surface area contributed by atoms with E-state index in [4.69, 9.17) is 48.5 Å². The Bertz CT molecular complexity index is 2660. The van der Waals surface area contributed by atoms with Gasteiger partial charge in [-0.15, -0.1) is 0 Å². The summed E-state index contributed by atoms with van der Waals surface area (Å²) in [6.07, 6.45) is -10.6. The molecule has 0 spiro atoms. The van der Waals surface area contributed by atoms with Crippen LogP contribution in [0.2, 0.25) is 0 Å². The lowest BCUT2D eigenvalue weighted by Crippen LogP contribution is -2.43. The minimum atomic E-state index is -4.67. The second-order valence-electron chi connectivity index (χ2n) is 17.3. The molecule has 3 unspecified atom stereocenters. The molecular formula is C43H58N8O20P2. The molecule has 2 fully saturated rings. The Balaban J connectivity index is 1.18. The fraction of sp³-hybridized carbons (Fsp3) is 0.488. The van der Waals surface area contributed by atoms with Gasteiger partial charge in [-0.2, -0.15) is 10.2 Å². The van der Waals surface area contributed by atoms with E-state index in [1.807, 2.05) is 0 Å². The predicted octanol–water partition coefficient (Wildman–Crippen LogP) is 0.522. The van der Waals surface area contributed by atoms with Crippen molar-refractivity contribution in [2.75, 3.05) is 27.4 Å². The van der Waals surface area contributed by atoms with Crippen LogP contribution in [0.3, 0.4) is 0 Å². The van der Waals surface area contributed by atoms with Crippen molar-refractivity contribution < 1.29 is 96.0 Å². The van der Waals surface area contributed by atoms with Gasteiger partial charge in [0.05, 0.1) is 27.4 Å². The number of aromatic hydroxyl groups is 2. The Morgan fingerprint density at radius 2 is 1.14 bits per heavy atom. The van der Waals surface area contributed by atoms with E-state index < -0.39 is 143 Å². The Kier molecular flexibility index (Phi) is 18.4. The highest BCUT2D eigenvalue weighted by atomic mass is 31.2. The van der Waals surface area contributed by atoms with Gasteiger partial charge in [-0.05, 0) is 54.5 Å². The first-order chi connectivity index (χ1) is 34.5. The number of primary amides is 2. The van der Waals surface area contributed by atoms with Crippen LogP contribution in [0.1, 0.15) is 66.2 Å². The Morgan fingerprint density at radius 1 is 0.685 bits per heavy atom. The minimum Gasteiger partial charge on any atom is -0.493 e. The number of para-hydroxylation sites is 1. The number of aliphatic hydroxyl groups excluding tert-OH is 4. The Hall–Kier alpha value is -6.00. The number of ether oxygens (including phenoxy) is 4. The van der Waals surface area contributed by atoms with E-state index in [9.17, 15) is 58.9 Å². The number of nitrogens with two attached hydrogens (primary N) is 2. The molecule has 0 aliphatic carbocycles. The zero-order valence-electron chi connectivity index (χ0n) is 39.8. The number of nitrogens with one attached hydrogen (secondary N) is 2. The lowest BCUT2D eigenvalue weighted by molar-refractivity contribution is -0.144. The topological polar surface area (TPSA) is 409 Å². The summed E-state index contributed by atoms with van der Waals surface area (Å²) in [5, 5.41) is 69.6. The van der Waals surface area contributed by atoms with Crippen molar-refractivity contribution in [3.63, 3.8) is 0 Å². The molecule has 0 radical (unpaired) electrons. The molecule has 0 saturated carbocycles. The fourth-order valence-electron chi connectivity index (χ4n) is 7.80. The largest absolute Gasteiger partial charge is 0.493 e. The van der Waals surface area contributed by atoms with Crippen LogP contribution in [0.4, 0.5) is 0 Å². The predicted molar refractivity (Wildman–Crippen MR) is 248 cm³/mol. The standard InChI is InChI=1S/C43H58N8O20P2/c1-21(2)15-26(42(60)64-4)48-72(62,66-17-27-32(52)34(54)40(68-27)50-19-46-30(36(44)56)38(50)58)71-25-13-11-23(12-14-25)16-22(3)29(43(61)65-5)49-73(63,70-24-9-7-6-8-10-24)67-18-28-33(53)35(55)41(69-28)51-20-47-31(37(45)57)39(51)59/h6-14,19-22,26-29,32-35,40-41,52-55,58-59H,15-18H2,1-5H3,(H2,44,56)(H2,45,57)(H,48,62)(H,49,63)/t22?,26-,27+,28+,29-,32+,33+,34+,35+,40+,41+,72?,73?/m0/s1. The third-order valence-electron chi connectivity index (χ3n) is 11.5. The van der Waals surface area contributed by atoms with Gasteiger partial charge in [0.1, 0.15) is 72.9 Å². The zero-order chi connectivity index (χ0) is 53.5. The number of carbonyl (C=O) groups is 4. The SMILES string of the molecule is COC(=O)[C@H](CC(C)C)NP(=O)(OC[C@H]1O[C@@H](n2cnc(C(N)=O)c2O)[C@H](O)[C@@H]1O)Oc1ccc(CC(C)[C@H](NP(=O)(OC[C@H]2O[C@@H](n3cnc(C(N)=O)c3O)[C@H](O)[C@@H]2O)Oc2ccccc2)C(=O)OC)cc1. The number of esters is 2. The maximum absolute atomic E-state index is 14.6. The van der Waals surface area contributed by atoms with E-state index in [-0.39, 0.29) is 30.3 Å². The normalized spacial score (nSPS) is 24.7. The molecule has 400 valence electrons. The molecule has 2 aliphatic rings. The summed E-state index contributed by atoms with van der Waals surface area (Å²) in [6, 6.07) is 11.0. The molecule has 4 aromatic rings. The summed E-state index contributed by atoms with van der Waals surface area (Å²) in [5.41, 5.74) is 9.96. The van der Waals surface area contributed by atoms with Gasteiger partial charge < -0.3 is 70.1 Å². The van der Waals surface area contributed by atoms with Crippen LogP contribution in [-0.2, 0) is 53.1 Å². The lowest BCUT2D eigenvalue weighted by Gasteiger charge is -2.28. The molecule has 2 aliphatic heterocycles. The van der Waals surface area contributed by atoms with Crippen molar-refractivity contribution in [3.8, 4) is 23.3 Å². The molecule has 28 nitrogen and oxygen atoms in total. The first kappa shape index (κ1) is 56.3. The first-order valence-electron chi connectivity index (χ1n) is 22.4. The van der Waals surface area contributed by atoms with Gasteiger partial charge in [-0.3, -0.25) is 37.4 Å². The van der Waals surface area contributed by atoms with Gasteiger partial charge in [0.2, 0.25) is 11.8 Å². The maximum Gasteiger partial charge on any atom is 0.459 e. The number of methoxy groups -OCH3 is 2. The van der Waals surface area contributed by atoms with Gasteiger partial charge in [0, 0.05) is 0 Å². The third-order valence-corrected chi connectivity index (χ3v) is 14.6. The van der Waals surface area contributed by atoms with Crippen LogP contribution in [0.5, 0.6) is 23.3 Å². The highest BCUT2D eigenvalue weighted by molar-refractivity contribution is 7.52. The van der Waals surface area contributed by atoms with Crippen LogP contribution in [0.25, 0.3) is 0 Å². The number of benzene rings is 2. The minimum absolute atomic E-state index is 0.0415. The van der Waals surface area contributed by atoms with Crippen molar-refractivity contribution in [2.45, 2.75) is 94.8 Å². The summed E-state index contributed by atoms with van der Waals surface area (Å²) in [4.78, 5) is 57.0. The lowest BCUT2D eigenvalue weighted by atomic mass is 9.94. The first-order valence-corrected chi connectivity index (χ1v) is 25.4. The third kappa shape index (κ3) is 13.4. The number of aliphatic hydroxyl groups is 4. The maximum atomic E-state index is 14.6. The highest BCUT2D eigenvalue weighted by Gasteiger charge is 2.49. The number of hydrogen-bond acceptors (Lipinski definition) is 22. The molecule has 4 heterocycles. The van der Waals surface area contributed by atoms with Gasteiger partial charge in [0.15, 0.2) is 23.8 Å². The summed E-state index contributed by atoms with van der Waals surface area (Å²) >= 11 is 0. The second-order valence-corrected chi connectivity index (χ2v) is 20.7. The van der Waals surface area contributed by atoms with E-state index in [1.165, 1.54) is 24.3 Å². The molecular weight excluding hydrogens is 1010 g/mol. The molecule has 73 heavy (non-hydrogen) atoms. The fourth-order valence-corrected chi connectivity index (χ4v) is 10.9. The van der Waals surface area contributed by atoms with E-state index in [0.29, 0.717) is 5.56 Å². The molecule has 30 heteroatoms. The quantitative estimate of drug-likeness (QED) is 0.0319. The van der Waals surface area contributed by atoms with Gasteiger partial charge in [-0.1, -0.05) is 51.1 Å². The average molecular weight is 1070 g/mol. The number of carbonyl (C=O) groups excluding carboxylic acids is 4. The molecule has 2 aromatic heterocycles. The van der Waals surface area contributed by atoms with Crippen LogP contribution in [0.15, 0.2) is 67.3 Å². The van der Waals surface area contributed by atoms with Crippen LogP contribution in [-0.4, -0.2) is 150 Å². The molecule has 6 rings (SSSR count). The molecule has 2 amide bonds. The zero-order valence-corrected chi connectivity index (χ0v) is 41.6. The molecule has 2 saturated heterocycles. The molecule has 12 N–H and O–H groups in total. The second kappa shape index (κ2) is 23.9. The number of nitrogens with zero attached hydrogens (tertiary/aromatic N) is 4. The summed E-state index contributed by atoms with van der Waals surface area (Å²) in [5.74, 6) is -6.26. The van der Waals surface area contributed by atoms with Crippen molar-refractivity contribution in [1.82, 2.24) is 29.3 Å². The molecule has 13 atom stereocenters. The van der Waals surface area contributed by atoms with Crippen LogP contribution >= 0.6 is 15.5 Å². The molecule has 0 bridgehead atoms. The Morgan fingerprint density at radius 3 is 1.56 bits per heavy atom. The molecule has 2 aromatic carbocycles. The van der Waals surface area contributed by atoms with Crippen molar-refractivity contribution in [2.24, 2.45) is 23.3 Å².